The molecule has 0 radical (unpaired) electrons. The Kier molecular flexibility index (Phi) is 11.9. The molecule has 2 rings (SSSR count). The molecule has 1 aliphatic rings. The normalized spacial score (nSPS) is 19.8. The van der Waals surface area contributed by atoms with Crippen molar-refractivity contribution in [1.82, 2.24) is 15.5 Å². The summed E-state index contributed by atoms with van der Waals surface area (Å²) in [6, 6.07) is 10.5. The van der Waals surface area contributed by atoms with Crippen molar-refractivity contribution in [1.29, 1.82) is 0 Å². The van der Waals surface area contributed by atoms with Gasteiger partial charge in [0.25, 0.3) is 0 Å². The Morgan fingerprint density at radius 3 is 2.70 bits per heavy atom. The first-order chi connectivity index (χ1) is 12.7. The minimum absolute atomic E-state index is 0. The molecule has 1 aromatic rings. The van der Waals surface area contributed by atoms with Crippen molar-refractivity contribution in [2.24, 2.45) is 10.4 Å². The summed E-state index contributed by atoms with van der Waals surface area (Å²) in [5.41, 5.74) is 1.37. The topological polar surface area (TPSA) is 69.1 Å². The molecule has 1 fully saturated rings. The third-order valence-electron chi connectivity index (χ3n) is 4.99. The Bertz CT molecular complexity index is 536. The maximum absolute atomic E-state index is 9.31. The second kappa shape index (κ2) is 13.3. The molecular weight excluding hydrogens is 455 g/mol. The lowest BCUT2D eigenvalue weighted by Crippen LogP contribution is -2.45. The fourth-order valence-electron chi connectivity index (χ4n) is 3.33. The van der Waals surface area contributed by atoms with E-state index in [0.29, 0.717) is 6.61 Å². The standard InChI is InChI=1S/C20H34N4O2.HI/c1-21-19(23-16-20(9-13-25)10-14-26-17-20)22-11-6-12-24(2)15-18-7-4-3-5-8-18;/h3-5,7-8,25H,6,9-17H2,1-2H3,(H2,21,22,23);1H. The maximum atomic E-state index is 9.31. The highest BCUT2D eigenvalue weighted by Gasteiger charge is 2.34. The van der Waals surface area contributed by atoms with Crippen molar-refractivity contribution < 1.29 is 9.84 Å². The molecule has 1 unspecified atom stereocenters. The Balaban J connectivity index is 0.00000364. The van der Waals surface area contributed by atoms with E-state index in [1.807, 2.05) is 0 Å². The van der Waals surface area contributed by atoms with Gasteiger partial charge in [0.1, 0.15) is 0 Å². The molecule has 0 saturated carbocycles. The summed E-state index contributed by atoms with van der Waals surface area (Å²) in [6.45, 7) is 5.34. The molecule has 27 heavy (non-hydrogen) atoms. The van der Waals surface area contributed by atoms with Crippen molar-refractivity contribution in [2.75, 3.05) is 53.6 Å². The largest absolute Gasteiger partial charge is 0.396 e. The first kappa shape index (κ1) is 24.1. The number of nitrogens with one attached hydrogen (secondary N) is 2. The SMILES string of the molecule is CN=C(NCCCN(C)Cc1ccccc1)NCC1(CCO)CCOC1.I. The monoisotopic (exact) mass is 490 g/mol. The minimum atomic E-state index is 0. The predicted octanol–water partition coefficient (Wildman–Crippen LogP) is 2.08. The van der Waals surface area contributed by atoms with Gasteiger partial charge < -0.3 is 25.4 Å². The van der Waals surface area contributed by atoms with Crippen molar-refractivity contribution in [2.45, 2.75) is 25.8 Å². The zero-order valence-electron chi connectivity index (χ0n) is 16.6. The number of hydrogen-bond acceptors (Lipinski definition) is 4. The number of guanidine groups is 1. The van der Waals surface area contributed by atoms with Gasteiger partial charge in [-0.15, -0.1) is 24.0 Å². The Morgan fingerprint density at radius 2 is 2.07 bits per heavy atom. The number of hydrogen-bond donors (Lipinski definition) is 3. The number of halogens is 1. The first-order valence-electron chi connectivity index (χ1n) is 9.53. The van der Waals surface area contributed by atoms with Gasteiger partial charge in [0.05, 0.1) is 6.61 Å². The smallest absolute Gasteiger partial charge is 0.190 e. The summed E-state index contributed by atoms with van der Waals surface area (Å²) in [5.74, 6) is 0.819. The van der Waals surface area contributed by atoms with Crippen molar-refractivity contribution in [3.8, 4) is 0 Å². The van der Waals surface area contributed by atoms with Crippen LogP contribution in [0.15, 0.2) is 35.3 Å². The van der Waals surface area contributed by atoms with Crippen LogP contribution in [0.5, 0.6) is 0 Å². The fraction of sp³-hybridized carbons (Fsp3) is 0.650. The number of nitrogens with zero attached hydrogens (tertiary/aromatic N) is 2. The third-order valence-corrected chi connectivity index (χ3v) is 4.99. The van der Waals surface area contributed by atoms with E-state index in [1.54, 1.807) is 7.05 Å². The van der Waals surface area contributed by atoms with Gasteiger partial charge in [-0.1, -0.05) is 30.3 Å². The molecule has 6 nitrogen and oxygen atoms in total. The van der Waals surface area contributed by atoms with Gasteiger partial charge in [-0.3, -0.25) is 4.99 Å². The van der Waals surface area contributed by atoms with Crippen molar-refractivity contribution in [3.63, 3.8) is 0 Å². The molecule has 3 N–H and O–H groups in total. The second-order valence-electron chi connectivity index (χ2n) is 7.21. The lowest BCUT2D eigenvalue weighted by Gasteiger charge is -2.27. The Hall–Kier alpha value is -0.900. The average molecular weight is 490 g/mol. The van der Waals surface area contributed by atoms with Crippen LogP contribution < -0.4 is 10.6 Å². The van der Waals surface area contributed by atoms with E-state index in [9.17, 15) is 5.11 Å². The molecule has 1 saturated heterocycles. The van der Waals surface area contributed by atoms with Crippen LogP contribution in [0, 0.1) is 5.41 Å². The van der Waals surface area contributed by atoms with E-state index >= 15 is 0 Å². The molecule has 1 aliphatic heterocycles. The van der Waals surface area contributed by atoms with E-state index in [4.69, 9.17) is 4.74 Å². The van der Waals surface area contributed by atoms with E-state index in [1.165, 1.54) is 5.56 Å². The van der Waals surface area contributed by atoms with Crippen LogP contribution in [-0.2, 0) is 11.3 Å². The molecule has 0 aromatic heterocycles. The molecule has 1 atom stereocenters. The van der Waals surface area contributed by atoms with Crippen LogP contribution in [0.2, 0.25) is 0 Å². The van der Waals surface area contributed by atoms with Crippen LogP contribution in [0.1, 0.15) is 24.8 Å². The molecule has 1 heterocycles. The molecular formula is C20H35IN4O2. The summed E-state index contributed by atoms with van der Waals surface area (Å²) < 4.78 is 5.54. The zero-order valence-corrected chi connectivity index (χ0v) is 18.9. The number of benzene rings is 1. The summed E-state index contributed by atoms with van der Waals surface area (Å²) in [4.78, 5) is 6.63. The van der Waals surface area contributed by atoms with Gasteiger partial charge in [-0.25, -0.2) is 0 Å². The highest BCUT2D eigenvalue weighted by atomic mass is 127. The molecule has 0 aliphatic carbocycles. The van der Waals surface area contributed by atoms with Gasteiger partial charge in [0.2, 0.25) is 0 Å². The van der Waals surface area contributed by atoms with E-state index in [0.717, 1.165) is 58.0 Å². The number of rotatable bonds is 10. The van der Waals surface area contributed by atoms with E-state index < -0.39 is 0 Å². The molecule has 1 aromatic carbocycles. The maximum Gasteiger partial charge on any atom is 0.190 e. The van der Waals surface area contributed by atoms with Crippen LogP contribution in [0.3, 0.4) is 0 Å². The van der Waals surface area contributed by atoms with Gasteiger partial charge in [-0.2, -0.15) is 0 Å². The third kappa shape index (κ3) is 8.76. The minimum Gasteiger partial charge on any atom is -0.396 e. The van der Waals surface area contributed by atoms with Crippen LogP contribution in [0.25, 0.3) is 0 Å². The molecule has 0 bridgehead atoms. The summed E-state index contributed by atoms with van der Waals surface area (Å²) in [5, 5.41) is 16.1. The highest BCUT2D eigenvalue weighted by molar-refractivity contribution is 14.0. The summed E-state index contributed by atoms with van der Waals surface area (Å²) >= 11 is 0. The fourth-order valence-corrected chi connectivity index (χ4v) is 3.33. The molecule has 0 amide bonds. The first-order valence-corrected chi connectivity index (χ1v) is 9.53. The van der Waals surface area contributed by atoms with Gasteiger partial charge >= 0.3 is 0 Å². The summed E-state index contributed by atoms with van der Waals surface area (Å²) in [7, 11) is 3.94. The number of ether oxygens (including phenoxy) is 1. The van der Waals surface area contributed by atoms with Gasteiger partial charge in [0, 0.05) is 45.3 Å². The van der Waals surface area contributed by atoms with Gasteiger partial charge in [0.15, 0.2) is 5.96 Å². The second-order valence-corrected chi connectivity index (χ2v) is 7.21. The summed E-state index contributed by atoms with van der Waals surface area (Å²) in [6.07, 6.45) is 2.80. The van der Waals surface area contributed by atoms with Gasteiger partial charge in [-0.05, 0) is 38.4 Å². The number of aliphatic hydroxyl groups excluding tert-OH is 1. The predicted molar refractivity (Wildman–Crippen MR) is 122 cm³/mol. The lowest BCUT2D eigenvalue weighted by molar-refractivity contribution is 0.127. The molecule has 0 spiro atoms. The van der Waals surface area contributed by atoms with Crippen LogP contribution in [0.4, 0.5) is 0 Å². The van der Waals surface area contributed by atoms with E-state index in [-0.39, 0.29) is 36.0 Å². The molecule has 154 valence electrons. The van der Waals surface area contributed by atoms with Crippen LogP contribution >= 0.6 is 24.0 Å². The average Bonchev–Trinajstić information content (AvgIpc) is 3.11. The van der Waals surface area contributed by atoms with Crippen molar-refractivity contribution >= 4 is 29.9 Å². The number of aliphatic imine (C=N–C) groups is 1. The highest BCUT2D eigenvalue weighted by Crippen LogP contribution is 2.31. The number of aliphatic hydroxyl groups is 1. The molecule has 7 heteroatoms. The Morgan fingerprint density at radius 1 is 1.30 bits per heavy atom. The Labute approximate surface area is 180 Å². The van der Waals surface area contributed by atoms with Crippen molar-refractivity contribution in [3.05, 3.63) is 35.9 Å². The lowest BCUT2D eigenvalue weighted by atomic mass is 9.84. The zero-order chi connectivity index (χ0) is 18.7. The quantitative estimate of drug-likeness (QED) is 0.203. The van der Waals surface area contributed by atoms with E-state index in [2.05, 4.69) is 57.9 Å². The van der Waals surface area contributed by atoms with Crippen LogP contribution in [-0.4, -0.2) is 69.5 Å².